The van der Waals surface area contributed by atoms with Gasteiger partial charge in [0.05, 0.1) is 37.5 Å². The standard InChI is InChI=1S/C21H21N5O3/c22-9-15-2-1-3-17(8-15)20(28)26-13-21(14-26)5-4-16(12-29-21)10-25-19(27)18-11-23-6-7-24-18/h1-3,6-8,11,16H,4-5,10,12-14H2,(H,25,27)/t16-/m1/s1. The molecule has 0 bridgehead atoms. The van der Waals surface area contributed by atoms with Crippen molar-refractivity contribution in [3.8, 4) is 6.07 Å². The molecule has 8 nitrogen and oxygen atoms in total. The minimum atomic E-state index is -0.284. The predicted octanol–water partition coefficient (Wildman–Crippen LogP) is 1.40. The van der Waals surface area contributed by atoms with Crippen molar-refractivity contribution in [2.45, 2.75) is 18.4 Å². The number of nitriles is 1. The first-order chi connectivity index (χ1) is 14.1. The molecule has 1 aromatic heterocycles. The molecule has 4 rings (SSSR count). The summed E-state index contributed by atoms with van der Waals surface area (Å²) in [6.45, 7) is 2.18. The van der Waals surface area contributed by atoms with Crippen LogP contribution in [0, 0.1) is 17.2 Å². The molecular formula is C21H21N5O3. The number of hydrogen-bond donors (Lipinski definition) is 1. The average molecular weight is 391 g/mol. The molecule has 2 aromatic rings. The van der Waals surface area contributed by atoms with Gasteiger partial charge in [0, 0.05) is 24.5 Å². The van der Waals surface area contributed by atoms with Gasteiger partial charge in [-0.05, 0) is 37.0 Å². The summed E-state index contributed by atoms with van der Waals surface area (Å²) in [5.74, 6) is -0.0774. The van der Waals surface area contributed by atoms with Crippen molar-refractivity contribution in [3.63, 3.8) is 0 Å². The van der Waals surface area contributed by atoms with E-state index in [0.29, 0.717) is 43.1 Å². The summed E-state index contributed by atoms with van der Waals surface area (Å²) in [6.07, 6.45) is 6.22. The SMILES string of the molecule is N#Cc1cccc(C(=O)N2CC3(CC[C@H](CNC(=O)c4cnccn4)CO3)C2)c1. The van der Waals surface area contributed by atoms with Gasteiger partial charge in [0.1, 0.15) is 11.3 Å². The Kier molecular flexibility index (Phi) is 5.23. The molecule has 0 radical (unpaired) electrons. The lowest BCUT2D eigenvalue weighted by Crippen LogP contribution is -2.66. The molecule has 1 spiro atoms. The first kappa shape index (κ1) is 19.0. The highest BCUT2D eigenvalue weighted by Gasteiger charge is 2.48. The maximum absolute atomic E-state index is 12.6. The molecule has 0 aliphatic carbocycles. The van der Waals surface area contributed by atoms with Gasteiger partial charge in [-0.1, -0.05) is 6.07 Å². The van der Waals surface area contributed by atoms with E-state index in [9.17, 15) is 9.59 Å². The normalized spacial score (nSPS) is 19.8. The van der Waals surface area contributed by atoms with Gasteiger partial charge in [0.25, 0.3) is 11.8 Å². The number of aromatic nitrogens is 2. The molecule has 2 aliphatic heterocycles. The number of carbonyl (C=O) groups is 2. The largest absolute Gasteiger partial charge is 0.371 e. The number of nitrogens with one attached hydrogen (secondary N) is 1. The average Bonchev–Trinajstić information content (AvgIpc) is 2.76. The molecule has 2 saturated heterocycles. The molecule has 1 N–H and O–H groups in total. The van der Waals surface area contributed by atoms with Crippen LogP contribution in [0.15, 0.2) is 42.9 Å². The van der Waals surface area contributed by atoms with Gasteiger partial charge in [0.2, 0.25) is 0 Å². The van der Waals surface area contributed by atoms with E-state index < -0.39 is 0 Å². The van der Waals surface area contributed by atoms with Crippen LogP contribution in [0.2, 0.25) is 0 Å². The predicted molar refractivity (Wildman–Crippen MR) is 103 cm³/mol. The molecule has 0 unspecified atom stereocenters. The molecule has 2 amide bonds. The van der Waals surface area contributed by atoms with Crippen molar-refractivity contribution in [3.05, 3.63) is 59.7 Å². The molecule has 0 saturated carbocycles. The number of amides is 2. The Labute approximate surface area is 168 Å². The van der Waals surface area contributed by atoms with E-state index in [-0.39, 0.29) is 23.3 Å². The molecule has 1 atom stereocenters. The van der Waals surface area contributed by atoms with E-state index >= 15 is 0 Å². The summed E-state index contributed by atoms with van der Waals surface area (Å²) in [6, 6.07) is 8.80. The molecule has 8 heteroatoms. The highest BCUT2D eigenvalue weighted by atomic mass is 16.5. The van der Waals surface area contributed by atoms with Crippen molar-refractivity contribution in [2.75, 3.05) is 26.2 Å². The molecule has 2 aliphatic rings. The van der Waals surface area contributed by atoms with Crippen LogP contribution in [0.1, 0.15) is 39.3 Å². The van der Waals surface area contributed by atoms with Crippen LogP contribution in [0.3, 0.4) is 0 Å². The van der Waals surface area contributed by atoms with Crippen molar-refractivity contribution in [2.24, 2.45) is 5.92 Å². The topological polar surface area (TPSA) is 108 Å². The zero-order valence-corrected chi connectivity index (χ0v) is 15.9. The lowest BCUT2D eigenvalue weighted by molar-refractivity contribution is -0.166. The number of benzene rings is 1. The summed E-state index contributed by atoms with van der Waals surface area (Å²) in [5, 5.41) is 11.9. The quantitative estimate of drug-likeness (QED) is 0.844. The zero-order valence-electron chi connectivity index (χ0n) is 15.9. The smallest absolute Gasteiger partial charge is 0.271 e. The fourth-order valence-electron chi connectivity index (χ4n) is 3.77. The third-order valence-corrected chi connectivity index (χ3v) is 5.46. The lowest BCUT2D eigenvalue weighted by Gasteiger charge is -2.52. The van der Waals surface area contributed by atoms with Crippen LogP contribution < -0.4 is 5.32 Å². The highest BCUT2D eigenvalue weighted by Crippen LogP contribution is 2.36. The van der Waals surface area contributed by atoms with E-state index in [1.807, 2.05) is 0 Å². The Morgan fingerprint density at radius 2 is 2.21 bits per heavy atom. The van der Waals surface area contributed by atoms with E-state index in [4.69, 9.17) is 10.00 Å². The minimum absolute atomic E-state index is 0.0744. The molecule has 29 heavy (non-hydrogen) atoms. The van der Waals surface area contributed by atoms with Gasteiger partial charge < -0.3 is 15.0 Å². The fraction of sp³-hybridized carbons (Fsp3) is 0.381. The maximum atomic E-state index is 12.6. The minimum Gasteiger partial charge on any atom is -0.371 e. The van der Waals surface area contributed by atoms with Crippen LogP contribution in [-0.4, -0.2) is 58.5 Å². The number of rotatable bonds is 4. The summed E-state index contributed by atoms with van der Waals surface area (Å²) >= 11 is 0. The fourth-order valence-corrected chi connectivity index (χ4v) is 3.77. The van der Waals surface area contributed by atoms with Crippen LogP contribution in [-0.2, 0) is 4.74 Å². The third-order valence-electron chi connectivity index (χ3n) is 5.46. The molecule has 148 valence electrons. The zero-order chi connectivity index (χ0) is 20.3. The molecule has 1 aromatic carbocycles. The first-order valence-electron chi connectivity index (χ1n) is 9.56. The number of likely N-dealkylation sites (tertiary alicyclic amines) is 1. The van der Waals surface area contributed by atoms with E-state index in [2.05, 4.69) is 21.4 Å². The van der Waals surface area contributed by atoms with Gasteiger partial charge in [-0.3, -0.25) is 14.6 Å². The van der Waals surface area contributed by atoms with Crippen LogP contribution >= 0.6 is 0 Å². The monoisotopic (exact) mass is 391 g/mol. The summed E-state index contributed by atoms with van der Waals surface area (Å²) < 4.78 is 6.09. The van der Waals surface area contributed by atoms with E-state index in [1.165, 1.54) is 18.6 Å². The van der Waals surface area contributed by atoms with E-state index in [0.717, 1.165) is 12.8 Å². The second-order valence-corrected chi connectivity index (χ2v) is 7.55. The van der Waals surface area contributed by atoms with Crippen LogP contribution in [0.4, 0.5) is 0 Å². The number of nitrogens with zero attached hydrogens (tertiary/aromatic N) is 4. The summed E-state index contributed by atoms with van der Waals surface area (Å²) in [7, 11) is 0. The van der Waals surface area contributed by atoms with Crippen molar-refractivity contribution in [1.82, 2.24) is 20.2 Å². The Morgan fingerprint density at radius 1 is 1.34 bits per heavy atom. The molecule has 2 fully saturated rings. The van der Waals surface area contributed by atoms with Gasteiger partial charge in [-0.15, -0.1) is 0 Å². The van der Waals surface area contributed by atoms with Gasteiger partial charge >= 0.3 is 0 Å². The first-order valence-corrected chi connectivity index (χ1v) is 9.56. The van der Waals surface area contributed by atoms with Crippen LogP contribution in [0.5, 0.6) is 0 Å². The van der Waals surface area contributed by atoms with Crippen molar-refractivity contribution < 1.29 is 14.3 Å². The second kappa shape index (κ2) is 7.97. The summed E-state index contributed by atoms with van der Waals surface area (Å²) in [5.41, 5.74) is 1.02. The Balaban J connectivity index is 1.24. The highest BCUT2D eigenvalue weighted by molar-refractivity contribution is 5.95. The van der Waals surface area contributed by atoms with E-state index in [1.54, 1.807) is 29.2 Å². The molecular weight excluding hydrogens is 370 g/mol. The Morgan fingerprint density at radius 3 is 2.90 bits per heavy atom. The number of ether oxygens (including phenoxy) is 1. The van der Waals surface area contributed by atoms with Crippen molar-refractivity contribution in [1.29, 1.82) is 5.26 Å². The second-order valence-electron chi connectivity index (χ2n) is 7.55. The van der Waals surface area contributed by atoms with Gasteiger partial charge in [-0.25, -0.2) is 4.98 Å². The number of hydrogen-bond acceptors (Lipinski definition) is 6. The Hall–Kier alpha value is -3.31. The number of carbonyl (C=O) groups excluding carboxylic acids is 2. The molecule has 3 heterocycles. The Bertz CT molecular complexity index is 940. The van der Waals surface area contributed by atoms with Crippen LogP contribution in [0.25, 0.3) is 0 Å². The van der Waals surface area contributed by atoms with Gasteiger partial charge in [-0.2, -0.15) is 5.26 Å². The summed E-state index contributed by atoms with van der Waals surface area (Å²) in [4.78, 5) is 34.3. The van der Waals surface area contributed by atoms with Crippen molar-refractivity contribution >= 4 is 11.8 Å². The van der Waals surface area contributed by atoms with Gasteiger partial charge in [0.15, 0.2) is 0 Å². The third kappa shape index (κ3) is 4.10. The lowest BCUT2D eigenvalue weighted by atomic mass is 9.82. The maximum Gasteiger partial charge on any atom is 0.271 e.